The van der Waals surface area contributed by atoms with E-state index < -0.39 is 11.9 Å². The number of aliphatic carboxylic acids is 1. The normalized spacial score (nSPS) is 16.9. The first kappa shape index (κ1) is 56.2. The van der Waals surface area contributed by atoms with Gasteiger partial charge >= 0.3 is 5.97 Å². The van der Waals surface area contributed by atoms with Crippen LogP contribution in [0.2, 0.25) is 0 Å². The number of anilines is 2. The van der Waals surface area contributed by atoms with E-state index in [0.29, 0.717) is 94.0 Å². The third-order valence-electron chi connectivity index (χ3n) is 14.6. The second-order valence-electron chi connectivity index (χ2n) is 20.2. The standard InChI is InChI=1S/C30H31FN6O2.C22H20FN5O.C8H13NO2.CH4/c1-35(21-11-12-21)16-5-8-25(38)36-17-15-22(18-36)37-28(31)26(27-29(32)33-19-34-30(27)37)20-9-13-24(14-10-20)39-23-6-3-2-4-7-23;23-20-18(14-6-8-17(9-7-14)29-16-4-2-1-3-5-16)19-21(24)26-13-27-22(19)28(20)15-10-11-25-12-15;1-9(7-4-5-7)6-2-3-8(10)11;/h2-10,13-14,19,21-22H,11-12,15-18H2,1H3,(H2,32,33,34);1-9,13,15,25H,10-12H2,(H2,24,26,27);2-3,7H,4-6H2,1H3,(H,10,11);1H4/b8-5+;;3-2+;/t22-;15-;;/m11../s1. The summed E-state index contributed by atoms with van der Waals surface area (Å²) in [5.41, 5.74) is 15.5. The van der Waals surface area contributed by atoms with E-state index in [9.17, 15) is 9.59 Å². The van der Waals surface area contributed by atoms with Gasteiger partial charge < -0.3 is 36.3 Å². The van der Waals surface area contributed by atoms with Crippen molar-refractivity contribution in [2.24, 2.45) is 0 Å². The van der Waals surface area contributed by atoms with Crippen molar-refractivity contribution in [3.63, 3.8) is 0 Å². The summed E-state index contributed by atoms with van der Waals surface area (Å²) in [6, 6.07) is 34.6. The van der Waals surface area contributed by atoms with Gasteiger partial charge in [0.1, 0.15) is 58.6 Å². The van der Waals surface area contributed by atoms with Crippen molar-refractivity contribution in [2.75, 3.05) is 64.8 Å². The summed E-state index contributed by atoms with van der Waals surface area (Å²) < 4.78 is 46.8. The molecule has 17 nitrogen and oxygen atoms in total. The SMILES string of the molecule is C.CN(C/C=C/C(=O)N1CC[C@@H](n2c(F)c(-c3ccc(Oc4ccccc4)cc3)c3c(N)ncnc32)C1)C1CC1.CN(C/C=C/C(=O)O)C1CC1.Nc1ncnc2c1c(-c1ccc(Oc3ccccc3)cc1)c(F)n2[C@@H]1CCNC1. The van der Waals surface area contributed by atoms with Crippen LogP contribution in [0, 0.1) is 11.9 Å². The van der Waals surface area contributed by atoms with Crippen LogP contribution in [0.25, 0.3) is 44.3 Å². The molecule has 0 spiro atoms. The number of hydrogen-bond donors (Lipinski definition) is 4. The van der Waals surface area contributed by atoms with Crippen LogP contribution in [0.1, 0.15) is 58.0 Å². The molecule has 0 unspecified atom stereocenters. The molecule has 2 saturated carbocycles. The molecule has 2 atom stereocenters. The lowest BCUT2D eigenvalue weighted by molar-refractivity contribution is -0.131. The van der Waals surface area contributed by atoms with Gasteiger partial charge in [0, 0.05) is 68.1 Å². The molecule has 12 rings (SSSR count). The summed E-state index contributed by atoms with van der Waals surface area (Å²) in [7, 11) is 4.09. The van der Waals surface area contributed by atoms with Crippen molar-refractivity contribution in [2.45, 2.75) is 70.1 Å². The number of amides is 1. The van der Waals surface area contributed by atoms with Crippen molar-refractivity contribution in [3.05, 3.63) is 158 Å². The van der Waals surface area contributed by atoms with Crippen LogP contribution in [0.15, 0.2) is 146 Å². The first-order chi connectivity index (χ1) is 38.4. The van der Waals surface area contributed by atoms with Gasteiger partial charge in [-0.3, -0.25) is 23.7 Å². The highest BCUT2D eigenvalue weighted by molar-refractivity contribution is 6.02. The van der Waals surface area contributed by atoms with E-state index in [-0.39, 0.29) is 43.0 Å². The molecular formula is C61H68F2N12O5. The highest BCUT2D eigenvalue weighted by Crippen LogP contribution is 2.41. The molecular weight excluding hydrogens is 1020 g/mol. The van der Waals surface area contributed by atoms with E-state index in [4.69, 9.17) is 26.0 Å². The fourth-order valence-electron chi connectivity index (χ4n) is 10.2. The Morgan fingerprint density at radius 1 is 0.637 bits per heavy atom. The second-order valence-corrected chi connectivity index (χ2v) is 20.2. The number of carboxylic acid groups (broad SMARTS) is 1. The summed E-state index contributed by atoms with van der Waals surface area (Å²) in [5.74, 6) is 1.57. The van der Waals surface area contributed by atoms with Gasteiger partial charge in [-0.05, 0) is 119 Å². The number of nitrogens with two attached hydrogens (primary N) is 2. The van der Waals surface area contributed by atoms with Crippen molar-refractivity contribution < 1.29 is 33.0 Å². The average Bonchev–Trinajstić information content (AvgIpc) is 4.49. The van der Waals surface area contributed by atoms with E-state index >= 15 is 8.78 Å². The Labute approximate surface area is 464 Å². The quantitative estimate of drug-likeness (QED) is 0.0664. The molecule has 4 aliphatic rings. The number of benzene rings is 4. The van der Waals surface area contributed by atoms with Crippen LogP contribution in [0.3, 0.4) is 0 Å². The topological polar surface area (TPSA) is 208 Å². The molecule has 8 aromatic rings. The molecule has 4 aromatic carbocycles. The molecule has 0 bridgehead atoms. The number of fused-ring (bicyclic) bond motifs is 2. The van der Waals surface area contributed by atoms with E-state index in [1.165, 1.54) is 44.4 Å². The van der Waals surface area contributed by atoms with Gasteiger partial charge in [-0.25, -0.2) is 24.7 Å². The minimum absolute atomic E-state index is 0. The lowest BCUT2D eigenvalue weighted by atomic mass is 10.1. The maximum atomic E-state index is 16.2. The summed E-state index contributed by atoms with van der Waals surface area (Å²) >= 11 is 0. The third kappa shape index (κ3) is 13.1. The fourth-order valence-corrected chi connectivity index (χ4v) is 10.2. The van der Waals surface area contributed by atoms with Gasteiger partial charge in [0.15, 0.2) is 0 Å². The van der Waals surface area contributed by atoms with E-state index in [1.807, 2.05) is 98.1 Å². The van der Waals surface area contributed by atoms with Gasteiger partial charge in [-0.2, -0.15) is 8.78 Å². The molecule has 4 aromatic heterocycles. The van der Waals surface area contributed by atoms with Crippen LogP contribution in [-0.4, -0.2) is 126 Å². The van der Waals surface area contributed by atoms with Crippen molar-refractivity contribution in [3.8, 4) is 45.3 Å². The zero-order valence-electron chi connectivity index (χ0n) is 44.2. The number of halogens is 2. The number of ether oxygens (including phenoxy) is 2. The van der Waals surface area contributed by atoms with Crippen molar-refractivity contribution in [1.82, 2.24) is 49.1 Å². The van der Waals surface area contributed by atoms with Gasteiger partial charge in [0.2, 0.25) is 17.8 Å². The van der Waals surface area contributed by atoms with Crippen LogP contribution in [0.4, 0.5) is 20.4 Å². The zero-order valence-corrected chi connectivity index (χ0v) is 44.2. The molecule has 19 heteroatoms. The van der Waals surface area contributed by atoms with Gasteiger partial charge in [0.25, 0.3) is 0 Å². The van der Waals surface area contributed by atoms with Crippen molar-refractivity contribution >= 4 is 45.6 Å². The minimum atomic E-state index is -0.866. The Morgan fingerprint density at radius 3 is 1.52 bits per heavy atom. The predicted molar refractivity (Wildman–Crippen MR) is 308 cm³/mol. The summed E-state index contributed by atoms with van der Waals surface area (Å²) in [5, 5.41) is 12.6. The molecule has 4 fully saturated rings. The minimum Gasteiger partial charge on any atom is -0.478 e. The highest BCUT2D eigenvalue weighted by atomic mass is 19.1. The molecule has 1 amide bonds. The molecule has 6 heterocycles. The van der Waals surface area contributed by atoms with E-state index in [0.717, 1.165) is 37.6 Å². The smallest absolute Gasteiger partial charge is 0.328 e. The largest absolute Gasteiger partial charge is 0.478 e. The number of nitrogens with zero attached hydrogens (tertiary/aromatic N) is 9. The van der Waals surface area contributed by atoms with E-state index in [1.54, 1.807) is 50.5 Å². The summed E-state index contributed by atoms with van der Waals surface area (Å²) in [6.07, 6.45) is 15.6. The second kappa shape index (κ2) is 25.5. The fraction of sp³-hybridized carbons (Fsp3) is 0.311. The number of likely N-dealkylation sites (N-methyl/N-ethyl adjacent to an activating group) is 2. The van der Waals surface area contributed by atoms with Gasteiger partial charge in [-0.1, -0.05) is 80.2 Å². The lowest BCUT2D eigenvalue weighted by Gasteiger charge is -2.17. The lowest BCUT2D eigenvalue weighted by Crippen LogP contribution is -2.28. The highest BCUT2D eigenvalue weighted by Gasteiger charge is 2.33. The number of hydrogen-bond acceptors (Lipinski definition) is 13. The summed E-state index contributed by atoms with van der Waals surface area (Å²) in [4.78, 5) is 46.1. The Bertz CT molecular complexity index is 3450. The number of carbonyl (C=O) groups is 2. The molecule has 416 valence electrons. The predicted octanol–water partition coefficient (Wildman–Crippen LogP) is 10.5. The molecule has 2 aliphatic carbocycles. The van der Waals surface area contributed by atoms with Crippen LogP contribution >= 0.6 is 0 Å². The third-order valence-corrected chi connectivity index (χ3v) is 14.6. The first-order valence-corrected chi connectivity index (χ1v) is 26.6. The number of nitrogen functional groups attached to an aromatic ring is 2. The number of aromatic nitrogens is 6. The van der Waals surface area contributed by atoms with Gasteiger partial charge in [-0.15, -0.1) is 0 Å². The Kier molecular flexibility index (Phi) is 17.9. The number of para-hydroxylation sites is 2. The Balaban J connectivity index is 0.000000165. The van der Waals surface area contributed by atoms with Crippen LogP contribution in [-0.2, 0) is 9.59 Å². The number of carboxylic acids is 1. The number of carbonyl (C=O) groups excluding carboxylic acids is 1. The first-order valence-electron chi connectivity index (χ1n) is 26.6. The number of likely N-dealkylation sites (tertiary alicyclic amines) is 1. The number of nitrogens with one attached hydrogen (secondary N) is 1. The maximum Gasteiger partial charge on any atom is 0.328 e. The van der Waals surface area contributed by atoms with Gasteiger partial charge in [0.05, 0.1) is 22.9 Å². The average molecular weight is 1090 g/mol. The molecule has 2 aliphatic heterocycles. The molecule has 80 heavy (non-hydrogen) atoms. The van der Waals surface area contributed by atoms with Crippen LogP contribution < -0.4 is 26.3 Å². The molecule has 2 saturated heterocycles. The summed E-state index contributed by atoms with van der Waals surface area (Å²) in [6.45, 7) is 4.00. The Morgan fingerprint density at radius 2 is 1.09 bits per heavy atom. The monoisotopic (exact) mass is 1090 g/mol. The van der Waals surface area contributed by atoms with E-state index in [2.05, 4.69) is 42.1 Å². The Hall–Kier alpha value is -8.52. The maximum absolute atomic E-state index is 16.2. The van der Waals surface area contributed by atoms with Crippen LogP contribution in [0.5, 0.6) is 23.0 Å². The number of rotatable bonds is 16. The molecule has 6 N–H and O–H groups in total. The molecule has 0 radical (unpaired) electrons. The van der Waals surface area contributed by atoms with Crippen molar-refractivity contribution in [1.29, 1.82) is 0 Å². The zero-order chi connectivity index (χ0) is 55.0.